The zero-order chi connectivity index (χ0) is 12.4. The Bertz CT molecular complexity index is 612. The van der Waals surface area contributed by atoms with E-state index in [0.717, 1.165) is 5.69 Å². The molecule has 0 N–H and O–H groups in total. The van der Waals surface area contributed by atoms with Crippen LogP contribution in [0.15, 0.2) is 29.2 Å². The minimum absolute atomic E-state index is 0.0557. The molecule has 2 rings (SSSR count). The number of hydrogen-bond acceptors (Lipinski definition) is 3. The first-order valence-corrected chi connectivity index (χ1v) is 6.37. The van der Waals surface area contributed by atoms with Gasteiger partial charge in [-0.2, -0.15) is 0 Å². The van der Waals surface area contributed by atoms with Gasteiger partial charge in [-0.1, -0.05) is 17.7 Å². The Morgan fingerprint density at radius 2 is 2.24 bits per heavy atom. The second-order valence-corrected chi connectivity index (χ2v) is 5.05. The molecule has 0 unspecified atom stereocenters. The van der Waals surface area contributed by atoms with Gasteiger partial charge in [0.25, 0.3) is 5.56 Å². The standard InChI is InChI=1S/C11H9ClIN3O/c1-7-14-5-9(13)11(17)16(7)6-8-3-2-4-10(12)15-8/h2-5H,6H2,1H3. The van der Waals surface area contributed by atoms with E-state index in [4.69, 9.17) is 11.6 Å². The van der Waals surface area contributed by atoms with E-state index in [0.29, 0.717) is 21.1 Å². The van der Waals surface area contributed by atoms with E-state index in [-0.39, 0.29) is 5.56 Å². The molecule has 0 bridgehead atoms. The van der Waals surface area contributed by atoms with Crippen molar-refractivity contribution >= 4 is 34.2 Å². The summed E-state index contributed by atoms with van der Waals surface area (Å²) in [4.78, 5) is 20.2. The fraction of sp³-hybridized carbons (Fsp3) is 0.182. The van der Waals surface area contributed by atoms with E-state index >= 15 is 0 Å². The van der Waals surface area contributed by atoms with E-state index in [2.05, 4.69) is 9.97 Å². The molecule has 0 aliphatic rings. The fourth-order valence-corrected chi connectivity index (χ4v) is 2.05. The minimum Gasteiger partial charge on any atom is -0.290 e. The smallest absolute Gasteiger partial charge is 0.267 e. The minimum atomic E-state index is -0.0557. The van der Waals surface area contributed by atoms with Crippen LogP contribution in [0.5, 0.6) is 0 Å². The number of rotatable bonds is 2. The van der Waals surface area contributed by atoms with Crippen molar-refractivity contribution in [2.24, 2.45) is 0 Å². The van der Waals surface area contributed by atoms with Crippen molar-refractivity contribution in [1.82, 2.24) is 14.5 Å². The van der Waals surface area contributed by atoms with Crippen LogP contribution in [0.25, 0.3) is 0 Å². The molecule has 2 aromatic rings. The molecule has 0 saturated carbocycles. The summed E-state index contributed by atoms with van der Waals surface area (Å²) in [5, 5.41) is 0.423. The molecule has 0 aliphatic heterocycles. The van der Waals surface area contributed by atoms with E-state index in [1.807, 2.05) is 34.7 Å². The van der Waals surface area contributed by atoms with Crippen LogP contribution in [0.1, 0.15) is 11.5 Å². The maximum absolute atomic E-state index is 11.9. The van der Waals surface area contributed by atoms with Gasteiger partial charge in [-0.15, -0.1) is 0 Å². The summed E-state index contributed by atoms with van der Waals surface area (Å²) in [5.74, 6) is 0.664. The van der Waals surface area contributed by atoms with Crippen LogP contribution in [0.4, 0.5) is 0 Å². The lowest BCUT2D eigenvalue weighted by atomic mass is 10.3. The Kier molecular flexibility index (Phi) is 3.78. The third-order valence-corrected chi connectivity index (χ3v) is 3.25. The van der Waals surface area contributed by atoms with Gasteiger partial charge in [0.15, 0.2) is 0 Å². The summed E-state index contributed by atoms with van der Waals surface area (Å²) in [7, 11) is 0. The van der Waals surface area contributed by atoms with Gasteiger partial charge >= 0.3 is 0 Å². The molecule has 0 aromatic carbocycles. The molecule has 2 heterocycles. The van der Waals surface area contributed by atoms with Gasteiger partial charge in [0, 0.05) is 6.20 Å². The number of aryl methyl sites for hydroxylation is 1. The van der Waals surface area contributed by atoms with Crippen LogP contribution >= 0.6 is 34.2 Å². The van der Waals surface area contributed by atoms with Crippen LogP contribution in [0, 0.1) is 10.5 Å². The summed E-state index contributed by atoms with van der Waals surface area (Å²) >= 11 is 7.78. The SMILES string of the molecule is Cc1ncc(I)c(=O)n1Cc1cccc(Cl)n1. The van der Waals surface area contributed by atoms with Crippen molar-refractivity contribution in [2.75, 3.05) is 0 Å². The van der Waals surface area contributed by atoms with Crippen molar-refractivity contribution < 1.29 is 0 Å². The predicted molar refractivity (Wildman–Crippen MR) is 74.3 cm³/mol. The van der Waals surface area contributed by atoms with Crippen LogP contribution < -0.4 is 5.56 Å². The van der Waals surface area contributed by atoms with Crippen molar-refractivity contribution in [3.63, 3.8) is 0 Å². The van der Waals surface area contributed by atoms with E-state index < -0.39 is 0 Å². The summed E-state index contributed by atoms with van der Waals surface area (Å²) < 4.78 is 2.18. The highest BCUT2D eigenvalue weighted by Crippen LogP contribution is 2.07. The fourth-order valence-electron chi connectivity index (χ4n) is 1.44. The lowest BCUT2D eigenvalue weighted by Crippen LogP contribution is -2.26. The Hall–Kier alpha value is -0.950. The Balaban J connectivity index is 2.43. The number of pyridine rings is 1. The van der Waals surface area contributed by atoms with Crippen molar-refractivity contribution in [3.8, 4) is 0 Å². The summed E-state index contributed by atoms with van der Waals surface area (Å²) in [6, 6.07) is 5.34. The molecule has 0 fully saturated rings. The largest absolute Gasteiger partial charge is 0.290 e. The van der Waals surface area contributed by atoms with Gasteiger partial charge in [0.05, 0.1) is 15.8 Å². The van der Waals surface area contributed by atoms with Gasteiger partial charge < -0.3 is 0 Å². The van der Waals surface area contributed by atoms with E-state index in [9.17, 15) is 4.79 Å². The summed E-state index contributed by atoms with van der Waals surface area (Å²) in [6.07, 6.45) is 1.57. The van der Waals surface area contributed by atoms with Gasteiger partial charge in [-0.05, 0) is 41.6 Å². The molecular weight excluding hydrogens is 352 g/mol. The number of aromatic nitrogens is 3. The molecule has 0 atom stereocenters. The maximum Gasteiger partial charge on any atom is 0.267 e. The Morgan fingerprint density at radius 1 is 1.47 bits per heavy atom. The zero-order valence-electron chi connectivity index (χ0n) is 9.02. The molecule has 0 amide bonds. The van der Waals surface area contributed by atoms with Gasteiger partial charge in [0.2, 0.25) is 0 Å². The number of hydrogen-bond donors (Lipinski definition) is 0. The average Bonchev–Trinajstić information content (AvgIpc) is 2.30. The maximum atomic E-state index is 11.9. The van der Waals surface area contributed by atoms with Crippen LogP contribution in [-0.4, -0.2) is 14.5 Å². The second-order valence-electron chi connectivity index (χ2n) is 3.50. The zero-order valence-corrected chi connectivity index (χ0v) is 11.9. The molecule has 2 aromatic heterocycles. The highest BCUT2D eigenvalue weighted by Gasteiger charge is 2.06. The topological polar surface area (TPSA) is 47.8 Å². The first-order chi connectivity index (χ1) is 8.08. The average molecular weight is 362 g/mol. The van der Waals surface area contributed by atoms with Crippen LogP contribution in [0.2, 0.25) is 5.15 Å². The molecule has 88 valence electrons. The number of halogens is 2. The molecule has 17 heavy (non-hydrogen) atoms. The molecule has 0 spiro atoms. The normalized spacial score (nSPS) is 10.5. The monoisotopic (exact) mass is 361 g/mol. The first-order valence-electron chi connectivity index (χ1n) is 4.91. The van der Waals surface area contributed by atoms with Crippen molar-refractivity contribution in [2.45, 2.75) is 13.5 Å². The van der Waals surface area contributed by atoms with Crippen LogP contribution in [-0.2, 0) is 6.54 Å². The highest BCUT2D eigenvalue weighted by atomic mass is 127. The summed E-state index contributed by atoms with van der Waals surface area (Å²) in [6.45, 7) is 2.18. The van der Waals surface area contributed by atoms with Crippen molar-refractivity contribution in [3.05, 3.63) is 55.0 Å². The van der Waals surface area contributed by atoms with Gasteiger partial charge in [-0.3, -0.25) is 9.36 Å². The molecule has 4 nitrogen and oxygen atoms in total. The lowest BCUT2D eigenvalue weighted by molar-refractivity contribution is 0.681. The molecular formula is C11H9ClIN3O. The number of nitrogens with zero attached hydrogens (tertiary/aromatic N) is 3. The van der Waals surface area contributed by atoms with E-state index in [1.165, 1.54) is 0 Å². The molecule has 6 heteroatoms. The van der Waals surface area contributed by atoms with Crippen LogP contribution in [0.3, 0.4) is 0 Å². The highest BCUT2D eigenvalue weighted by molar-refractivity contribution is 14.1. The van der Waals surface area contributed by atoms with Crippen molar-refractivity contribution in [1.29, 1.82) is 0 Å². The lowest BCUT2D eigenvalue weighted by Gasteiger charge is -2.08. The molecule has 0 saturated heterocycles. The Morgan fingerprint density at radius 3 is 2.94 bits per heavy atom. The summed E-state index contributed by atoms with van der Waals surface area (Å²) in [5.41, 5.74) is 0.686. The third-order valence-electron chi connectivity index (χ3n) is 2.30. The predicted octanol–water partition coefficient (Wildman–Crippen LogP) is 2.25. The quantitative estimate of drug-likeness (QED) is 0.609. The molecule has 0 aliphatic carbocycles. The first kappa shape index (κ1) is 12.5. The van der Waals surface area contributed by atoms with E-state index in [1.54, 1.807) is 23.8 Å². The van der Waals surface area contributed by atoms with Gasteiger partial charge in [-0.25, -0.2) is 9.97 Å². The Labute approximate surface area is 117 Å². The third kappa shape index (κ3) is 2.84. The van der Waals surface area contributed by atoms with Gasteiger partial charge in [0.1, 0.15) is 11.0 Å². The second kappa shape index (κ2) is 5.14. The molecule has 0 radical (unpaired) electrons.